The van der Waals surface area contributed by atoms with Crippen molar-refractivity contribution in [3.63, 3.8) is 0 Å². The summed E-state index contributed by atoms with van der Waals surface area (Å²) in [6, 6.07) is 6.98. The summed E-state index contributed by atoms with van der Waals surface area (Å²) in [5.41, 5.74) is 7.14. The highest BCUT2D eigenvalue weighted by Crippen LogP contribution is 2.44. The molecule has 0 unspecified atom stereocenters. The van der Waals surface area contributed by atoms with E-state index in [1.54, 1.807) is 24.3 Å². The zero-order chi connectivity index (χ0) is 14.1. The van der Waals surface area contributed by atoms with E-state index in [0.29, 0.717) is 11.5 Å². The van der Waals surface area contributed by atoms with Crippen LogP contribution in [0.4, 0.5) is 0 Å². The molecule has 0 heterocycles. The van der Waals surface area contributed by atoms with Gasteiger partial charge < -0.3 is 5.73 Å². The van der Waals surface area contributed by atoms with Gasteiger partial charge in [-0.3, -0.25) is 0 Å². The van der Waals surface area contributed by atoms with Crippen molar-refractivity contribution in [1.82, 2.24) is 4.72 Å². The van der Waals surface area contributed by atoms with Gasteiger partial charge in [0.25, 0.3) is 0 Å². The molecule has 3 N–H and O–H groups in total. The molecule has 0 bridgehead atoms. The quantitative estimate of drug-likeness (QED) is 0.782. The third kappa shape index (κ3) is 4.26. The maximum atomic E-state index is 11.9. The second kappa shape index (κ2) is 5.19. The standard InChI is InChI=1S/C13H18N2O2S2/c1-13(6-7-13)9-15-19(16,17)8-10-2-4-11(5-3-10)12(14)18/h2-5,15H,6-9H2,1H3,(H2,14,18). The molecule has 1 saturated carbocycles. The second-order valence-electron chi connectivity index (χ2n) is 5.45. The molecular formula is C13H18N2O2S2. The van der Waals surface area contributed by atoms with Crippen molar-refractivity contribution in [2.24, 2.45) is 11.1 Å². The molecule has 6 heteroatoms. The monoisotopic (exact) mass is 298 g/mol. The molecule has 1 aliphatic carbocycles. The van der Waals surface area contributed by atoms with Gasteiger partial charge in [-0.2, -0.15) is 0 Å². The molecule has 0 amide bonds. The lowest BCUT2D eigenvalue weighted by Gasteiger charge is -2.11. The van der Waals surface area contributed by atoms with Gasteiger partial charge in [-0.15, -0.1) is 0 Å². The molecule has 4 nitrogen and oxygen atoms in total. The van der Waals surface area contributed by atoms with Crippen molar-refractivity contribution >= 4 is 27.2 Å². The molecule has 1 aromatic rings. The number of nitrogens with two attached hydrogens (primary N) is 1. The van der Waals surface area contributed by atoms with Crippen LogP contribution < -0.4 is 10.5 Å². The Morgan fingerprint density at radius 3 is 2.42 bits per heavy atom. The first kappa shape index (κ1) is 14.4. The van der Waals surface area contributed by atoms with Crippen LogP contribution >= 0.6 is 12.2 Å². The molecule has 1 fully saturated rings. The summed E-state index contributed by atoms with van der Waals surface area (Å²) in [4.78, 5) is 0.314. The first-order chi connectivity index (χ1) is 8.80. The first-order valence-electron chi connectivity index (χ1n) is 6.16. The molecule has 0 aromatic heterocycles. The largest absolute Gasteiger partial charge is 0.389 e. The number of sulfonamides is 1. The lowest BCUT2D eigenvalue weighted by atomic mass is 10.1. The van der Waals surface area contributed by atoms with Crippen LogP contribution in [-0.4, -0.2) is 20.0 Å². The van der Waals surface area contributed by atoms with E-state index in [0.717, 1.165) is 24.0 Å². The summed E-state index contributed by atoms with van der Waals surface area (Å²) < 4.78 is 26.5. The minimum absolute atomic E-state index is 0.0132. The summed E-state index contributed by atoms with van der Waals surface area (Å²) in [7, 11) is -3.28. The number of benzene rings is 1. The van der Waals surface area contributed by atoms with Crippen LogP contribution in [0, 0.1) is 5.41 Å². The van der Waals surface area contributed by atoms with E-state index in [1.165, 1.54) is 0 Å². The SMILES string of the molecule is CC1(CNS(=O)(=O)Cc2ccc(C(N)=S)cc2)CC1. The fourth-order valence-electron chi connectivity index (χ4n) is 1.71. The Kier molecular flexibility index (Phi) is 3.94. The average Bonchev–Trinajstić information content (AvgIpc) is 3.06. The summed E-state index contributed by atoms with van der Waals surface area (Å²) in [5.74, 6) is -0.0132. The minimum atomic E-state index is -3.28. The third-order valence-electron chi connectivity index (χ3n) is 3.42. The zero-order valence-electron chi connectivity index (χ0n) is 10.8. The predicted molar refractivity (Wildman–Crippen MR) is 80.3 cm³/mol. The van der Waals surface area contributed by atoms with Gasteiger partial charge in [0.1, 0.15) is 4.99 Å². The van der Waals surface area contributed by atoms with Crippen molar-refractivity contribution in [1.29, 1.82) is 0 Å². The number of rotatable bonds is 6. The number of nitrogens with one attached hydrogen (secondary N) is 1. The van der Waals surface area contributed by atoms with E-state index < -0.39 is 10.0 Å². The summed E-state index contributed by atoms with van der Waals surface area (Å²) in [6.07, 6.45) is 2.19. The topological polar surface area (TPSA) is 72.2 Å². The van der Waals surface area contributed by atoms with E-state index in [9.17, 15) is 8.42 Å². The lowest BCUT2D eigenvalue weighted by molar-refractivity contribution is 0.530. The maximum Gasteiger partial charge on any atom is 0.215 e. The summed E-state index contributed by atoms with van der Waals surface area (Å²) in [6.45, 7) is 2.62. The van der Waals surface area contributed by atoms with Crippen molar-refractivity contribution in [3.8, 4) is 0 Å². The van der Waals surface area contributed by atoms with E-state index in [2.05, 4.69) is 11.6 Å². The molecule has 104 valence electrons. The highest BCUT2D eigenvalue weighted by molar-refractivity contribution is 7.88. The Labute approximate surface area is 119 Å². The Bertz CT molecular complexity index is 575. The van der Waals surface area contributed by atoms with Crippen LogP contribution in [0.25, 0.3) is 0 Å². The number of hydrogen-bond donors (Lipinski definition) is 2. The van der Waals surface area contributed by atoms with Gasteiger partial charge in [-0.05, 0) is 23.8 Å². The van der Waals surface area contributed by atoms with Gasteiger partial charge in [0, 0.05) is 12.1 Å². The van der Waals surface area contributed by atoms with Crippen LogP contribution in [0.5, 0.6) is 0 Å². The molecule has 0 aliphatic heterocycles. The molecule has 0 atom stereocenters. The molecule has 0 spiro atoms. The molecular weight excluding hydrogens is 280 g/mol. The fourth-order valence-corrected chi connectivity index (χ4v) is 3.15. The Balaban J connectivity index is 1.97. The van der Waals surface area contributed by atoms with E-state index >= 15 is 0 Å². The Morgan fingerprint density at radius 2 is 1.95 bits per heavy atom. The third-order valence-corrected chi connectivity index (χ3v) is 4.95. The highest BCUT2D eigenvalue weighted by Gasteiger charge is 2.37. The van der Waals surface area contributed by atoms with Crippen LogP contribution in [0.1, 0.15) is 30.9 Å². The van der Waals surface area contributed by atoms with Gasteiger partial charge in [0.2, 0.25) is 10.0 Å². The Morgan fingerprint density at radius 1 is 1.37 bits per heavy atom. The van der Waals surface area contributed by atoms with E-state index in [4.69, 9.17) is 18.0 Å². The molecule has 2 rings (SSSR count). The maximum absolute atomic E-state index is 11.9. The van der Waals surface area contributed by atoms with Crippen molar-refractivity contribution in [2.45, 2.75) is 25.5 Å². The van der Waals surface area contributed by atoms with Crippen molar-refractivity contribution in [3.05, 3.63) is 35.4 Å². The normalized spacial score (nSPS) is 17.1. The smallest absolute Gasteiger partial charge is 0.215 e. The van der Waals surface area contributed by atoms with Gasteiger partial charge in [-0.1, -0.05) is 43.4 Å². The zero-order valence-corrected chi connectivity index (χ0v) is 12.5. The van der Waals surface area contributed by atoms with Gasteiger partial charge >= 0.3 is 0 Å². The van der Waals surface area contributed by atoms with Gasteiger partial charge in [0.05, 0.1) is 5.75 Å². The summed E-state index contributed by atoms with van der Waals surface area (Å²) in [5, 5.41) is 0. The number of hydrogen-bond acceptors (Lipinski definition) is 3. The van der Waals surface area contributed by atoms with Crippen LogP contribution in [0.15, 0.2) is 24.3 Å². The van der Waals surface area contributed by atoms with E-state index in [-0.39, 0.29) is 11.2 Å². The van der Waals surface area contributed by atoms with Crippen LogP contribution in [0.3, 0.4) is 0 Å². The second-order valence-corrected chi connectivity index (χ2v) is 7.70. The summed E-state index contributed by atoms with van der Waals surface area (Å²) >= 11 is 4.85. The van der Waals surface area contributed by atoms with E-state index in [1.807, 2.05) is 0 Å². The lowest BCUT2D eigenvalue weighted by Crippen LogP contribution is -2.30. The number of thiocarbonyl (C=S) groups is 1. The van der Waals surface area contributed by atoms with Crippen LogP contribution in [0.2, 0.25) is 0 Å². The minimum Gasteiger partial charge on any atom is -0.389 e. The molecule has 1 aliphatic rings. The molecule has 0 saturated heterocycles. The predicted octanol–water partition coefficient (Wildman–Crippen LogP) is 1.54. The first-order valence-corrected chi connectivity index (χ1v) is 8.22. The van der Waals surface area contributed by atoms with Gasteiger partial charge in [0.15, 0.2) is 0 Å². The molecule has 1 aromatic carbocycles. The molecule has 0 radical (unpaired) electrons. The highest BCUT2D eigenvalue weighted by atomic mass is 32.2. The van der Waals surface area contributed by atoms with Crippen molar-refractivity contribution in [2.75, 3.05) is 6.54 Å². The van der Waals surface area contributed by atoms with Crippen molar-refractivity contribution < 1.29 is 8.42 Å². The fraction of sp³-hybridized carbons (Fsp3) is 0.462. The Hall–Kier alpha value is -0.980. The van der Waals surface area contributed by atoms with Gasteiger partial charge in [-0.25, -0.2) is 13.1 Å². The van der Waals surface area contributed by atoms with Crippen LogP contribution in [-0.2, 0) is 15.8 Å². The average molecular weight is 298 g/mol. The molecule has 19 heavy (non-hydrogen) atoms.